The van der Waals surface area contributed by atoms with Crippen LogP contribution in [-0.4, -0.2) is 64.8 Å². The first-order valence-electron chi connectivity index (χ1n) is 14.5. The Bertz CT molecular complexity index is 1080. The Kier molecular flexibility index (Phi) is 15.9. The molecule has 3 aliphatic heterocycles. The molecule has 0 aromatic heterocycles. The lowest BCUT2D eigenvalue weighted by Gasteiger charge is -2.43. The number of hydrogen-bond acceptors (Lipinski definition) is 5. The van der Waals surface area contributed by atoms with Gasteiger partial charge in [-0.2, -0.15) is 0 Å². The number of aliphatic hydroxyl groups is 1. The first-order valence-corrected chi connectivity index (χ1v) is 17.6. The molecule has 3 aliphatic rings. The molecule has 2 aromatic rings. The number of aliphatic hydroxyl groups excluding tert-OH is 1. The molecule has 3 atom stereocenters. The van der Waals surface area contributed by atoms with Crippen LogP contribution in [0.5, 0.6) is 0 Å². The molecule has 0 saturated carbocycles. The average Bonchev–Trinajstić information content (AvgIpc) is 3.80. The molecule has 7 heteroatoms. The van der Waals surface area contributed by atoms with Crippen LogP contribution in [0.1, 0.15) is 54.9 Å². The second kappa shape index (κ2) is 18.3. The van der Waals surface area contributed by atoms with Crippen molar-refractivity contribution < 1.29 is 23.7 Å². The number of epoxide rings is 1. The fourth-order valence-electron chi connectivity index (χ4n) is 5.07. The van der Waals surface area contributed by atoms with E-state index >= 15 is 0 Å². The summed E-state index contributed by atoms with van der Waals surface area (Å²) in [6.07, 6.45) is 9.06. The van der Waals surface area contributed by atoms with Gasteiger partial charge in [0, 0.05) is 0 Å². The fraction of sp³-hybridized carbons (Fsp3) is 0.486. The van der Waals surface area contributed by atoms with Gasteiger partial charge in [0.05, 0.1) is 45.2 Å². The van der Waals surface area contributed by atoms with Crippen molar-refractivity contribution in [2.45, 2.75) is 78.2 Å². The SMILES string of the molecule is C.CC1=CCO[C@H](/C=C/I)C1.CC1=CCO[C@H](CO[Si](c2ccccc2)(c2ccccc2)C(C)(C)C)C1.OC[C@@H]1CO1. The van der Waals surface area contributed by atoms with Crippen molar-refractivity contribution in [3.63, 3.8) is 0 Å². The Balaban J connectivity index is 0.000000315. The van der Waals surface area contributed by atoms with Gasteiger partial charge in [-0.3, -0.25) is 0 Å². The van der Waals surface area contributed by atoms with E-state index < -0.39 is 8.32 Å². The maximum absolute atomic E-state index is 8.08. The third-order valence-electron chi connectivity index (χ3n) is 7.37. The van der Waals surface area contributed by atoms with Crippen LogP contribution in [0.2, 0.25) is 5.04 Å². The van der Waals surface area contributed by atoms with E-state index in [-0.39, 0.29) is 31.3 Å². The van der Waals surface area contributed by atoms with Crippen molar-refractivity contribution in [3.05, 3.63) is 94.1 Å². The Morgan fingerprint density at radius 1 is 0.857 bits per heavy atom. The maximum atomic E-state index is 8.08. The Hall–Kier alpha value is -1.59. The first-order chi connectivity index (χ1) is 19.7. The van der Waals surface area contributed by atoms with Gasteiger partial charge in [0.1, 0.15) is 6.10 Å². The fourth-order valence-corrected chi connectivity index (χ4v) is 10.1. The van der Waals surface area contributed by atoms with Gasteiger partial charge in [0.25, 0.3) is 8.32 Å². The molecular weight excluding hydrogens is 655 g/mol. The van der Waals surface area contributed by atoms with Gasteiger partial charge in [-0.15, -0.1) is 0 Å². The highest BCUT2D eigenvalue weighted by Crippen LogP contribution is 2.37. The number of halogens is 1. The van der Waals surface area contributed by atoms with Crippen LogP contribution in [0, 0.1) is 0 Å². The summed E-state index contributed by atoms with van der Waals surface area (Å²) in [5.41, 5.74) is 2.83. The lowest BCUT2D eigenvalue weighted by atomic mass is 10.1. The van der Waals surface area contributed by atoms with Crippen molar-refractivity contribution in [1.82, 2.24) is 0 Å². The van der Waals surface area contributed by atoms with Crippen molar-refractivity contribution in [3.8, 4) is 0 Å². The van der Waals surface area contributed by atoms with E-state index in [4.69, 9.17) is 19.0 Å². The summed E-state index contributed by atoms with van der Waals surface area (Å²) in [5, 5.41) is 10.7. The summed E-state index contributed by atoms with van der Waals surface area (Å²) in [5.74, 6) is 0. The first kappa shape index (κ1) is 36.6. The molecule has 42 heavy (non-hydrogen) atoms. The summed E-state index contributed by atoms with van der Waals surface area (Å²) in [7, 11) is -2.45. The van der Waals surface area contributed by atoms with Gasteiger partial charge in [-0.05, 0) is 52.3 Å². The standard InChI is InChI=1S/C23H30O2Si.C8H11IO.C3H6O2.CH4/c1-19-15-16-24-20(17-19)18-25-26(23(2,3)4,21-11-7-5-8-12-21)22-13-9-6-10-14-22;1-7-3-5-10-8(6-7)2-4-9;4-1-3-2-5-3;/h5-15,20H,16-18H2,1-4H3;2-4,8H,5-6H2,1H3;3-4H,1-2H2;1H4/b;4-2+;;/t20-;8-;3-;/m011./s1. The minimum Gasteiger partial charge on any atom is -0.405 e. The predicted molar refractivity (Wildman–Crippen MR) is 187 cm³/mol. The number of hydrogen-bond donors (Lipinski definition) is 1. The molecule has 0 radical (unpaired) electrons. The van der Waals surface area contributed by atoms with E-state index in [0.717, 1.165) is 26.1 Å². The van der Waals surface area contributed by atoms with Crippen LogP contribution in [0.4, 0.5) is 0 Å². The molecule has 232 valence electrons. The molecule has 5 nitrogen and oxygen atoms in total. The summed E-state index contributed by atoms with van der Waals surface area (Å²) >= 11 is 2.22. The molecule has 3 heterocycles. The van der Waals surface area contributed by atoms with Crippen molar-refractivity contribution >= 4 is 41.3 Å². The Labute approximate surface area is 269 Å². The van der Waals surface area contributed by atoms with Crippen LogP contribution in [-0.2, 0) is 18.6 Å². The van der Waals surface area contributed by atoms with Crippen LogP contribution in [0.15, 0.2) is 94.1 Å². The zero-order valence-corrected chi connectivity index (χ0v) is 28.4. The zero-order valence-electron chi connectivity index (χ0n) is 25.2. The third-order valence-corrected chi connectivity index (χ3v) is 12.8. The molecule has 1 fully saturated rings. The van der Waals surface area contributed by atoms with E-state index in [1.807, 2.05) is 4.08 Å². The summed E-state index contributed by atoms with van der Waals surface area (Å²) in [4.78, 5) is 0. The molecule has 0 bridgehead atoms. The molecule has 0 aliphatic carbocycles. The van der Waals surface area contributed by atoms with E-state index in [1.54, 1.807) is 0 Å². The van der Waals surface area contributed by atoms with Crippen LogP contribution in [0.25, 0.3) is 0 Å². The van der Waals surface area contributed by atoms with Crippen LogP contribution < -0.4 is 10.4 Å². The second-order valence-corrected chi connectivity index (χ2v) is 16.8. The highest BCUT2D eigenvalue weighted by Gasteiger charge is 2.50. The minimum absolute atomic E-state index is 0. The Morgan fingerprint density at radius 2 is 1.38 bits per heavy atom. The van der Waals surface area contributed by atoms with Crippen molar-refractivity contribution in [2.24, 2.45) is 0 Å². The van der Waals surface area contributed by atoms with Crippen molar-refractivity contribution in [1.29, 1.82) is 0 Å². The summed E-state index contributed by atoms with van der Waals surface area (Å²) < 4.78 is 24.9. The molecule has 1 saturated heterocycles. The quantitative estimate of drug-likeness (QED) is 0.146. The third kappa shape index (κ3) is 11.2. The van der Waals surface area contributed by atoms with Gasteiger partial charge in [-0.25, -0.2) is 0 Å². The van der Waals surface area contributed by atoms with Gasteiger partial charge < -0.3 is 23.7 Å². The monoisotopic (exact) mass is 706 g/mol. The molecule has 0 unspecified atom stereocenters. The van der Waals surface area contributed by atoms with Crippen LogP contribution in [0.3, 0.4) is 0 Å². The maximum Gasteiger partial charge on any atom is 0.261 e. The zero-order chi connectivity index (χ0) is 29.7. The largest absolute Gasteiger partial charge is 0.405 e. The van der Waals surface area contributed by atoms with E-state index in [9.17, 15) is 0 Å². The number of benzene rings is 2. The average molecular weight is 707 g/mol. The normalized spacial score (nSPS) is 21.9. The lowest BCUT2D eigenvalue weighted by molar-refractivity contribution is 0.0259. The molecular formula is C35H51IO5Si. The van der Waals surface area contributed by atoms with Crippen molar-refractivity contribution in [2.75, 3.05) is 33.0 Å². The van der Waals surface area contributed by atoms with Gasteiger partial charge >= 0.3 is 0 Å². The van der Waals surface area contributed by atoms with Crippen LogP contribution >= 0.6 is 22.6 Å². The number of rotatable bonds is 7. The molecule has 0 spiro atoms. The van der Waals surface area contributed by atoms with E-state index in [2.05, 4.69) is 141 Å². The highest BCUT2D eigenvalue weighted by atomic mass is 127. The smallest absolute Gasteiger partial charge is 0.261 e. The predicted octanol–water partition coefficient (Wildman–Crippen LogP) is 6.98. The van der Waals surface area contributed by atoms with Gasteiger partial charge in [-0.1, -0.05) is 135 Å². The molecule has 2 aromatic carbocycles. The molecule has 0 amide bonds. The van der Waals surface area contributed by atoms with E-state index in [1.165, 1.54) is 21.5 Å². The molecule has 1 N–H and O–H groups in total. The second-order valence-electron chi connectivity index (χ2n) is 11.8. The topological polar surface area (TPSA) is 60.5 Å². The lowest BCUT2D eigenvalue weighted by Crippen LogP contribution is -2.67. The number of ether oxygens (including phenoxy) is 3. The summed E-state index contributed by atoms with van der Waals surface area (Å²) in [6.45, 7) is 14.3. The summed E-state index contributed by atoms with van der Waals surface area (Å²) in [6, 6.07) is 21.6. The van der Waals surface area contributed by atoms with E-state index in [0.29, 0.717) is 19.3 Å². The Morgan fingerprint density at radius 3 is 1.79 bits per heavy atom. The minimum atomic E-state index is -2.45. The van der Waals surface area contributed by atoms with Gasteiger partial charge in [0.2, 0.25) is 0 Å². The van der Waals surface area contributed by atoms with Gasteiger partial charge in [0.15, 0.2) is 0 Å². The highest BCUT2D eigenvalue weighted by molar-refractivity contribution is 14.1. The molecule has 5 rings (SSSR count).